The van der Waals surface area contributed by atoms with E-state index in [1.165, 1.54) is 18.2 Å². The van der Waals surface area contributed by atoms with Crippen molar-refractivity contribution in [2.45, 2.75) is 6.61 Å². The van der Waals surface area contributed by atoms with Crippen LogP contribution >= 0.6 is 0 Å². The number of phenols is 1. The lowest BCUT2D eigenvalue weighted by Crippen LogP contribution is -2.05. The van der Waals surface area contributed by atoms with E-state index in [0.29, 0.717) is 0 Å². The van der Waals surface area contributed by atoms with Gasteiger partial charge in [0, 0.05) is 10.6 Å². The number of aromatic hydroxyl groups is 1. The van der Waals surface area contributed by atoms with E-state index >= 15 is 0 Å². The summed E-state index contributed by atoms with van der Waals surface area (Å²) in [5.41, 5.74) is 9.39. The largest absolute Gasteiger partial charge is 0.507 e. The van der Waals surface area contributed by atoms with Crippen LogP contribution in [0.1, 0.15) is 15.9 Å². The summed E-state index contributed by atoms with van der Waals surface area (Å²) in [5, 5.41) is 13.0. The van der Waals surface area contributed by atoms with E-state index in [2.05, 4.69) is 10.0 Å². The summed E-state index contributed by atoms with van der Waals surface area (Å²) in [6.07, 6.45) is 0. The second kappa shape index (κ2) is 6.26. The van der Waals surface area contributed by atoms with Crippen LogP contribution in [0.4, 0.5) is 5.69 Å². The first-order chi connectivity index (χ1) is 9.70. The molecule has 0 aliphatic heterocycles. The van der Waals surface area contributed by atoms with Crippen molar-refractivity contribution in [1.82, 2.24) is 0 Å². The Morgan fingerprint density at radius 1 is 1.25 bits per heavy atom. The third-order valence-corrected chi connectivity index (χ3v) is 2.57. The molecule has 2 aromatic rings. The highest BCUT2D eigenvalue weighted by Crippen LogP contribution is 2.24. The van der Waals surface area contributed by atoms with Crippen LogP contribution in [0, 0.1) is 0 Å². The van der Waals surface area contributed by atoms with E-state index in [9.17, 15) is 9.90 Å². The SMILES string of the molecule is [N-]=[N+]=Nc1ccc(C(=O)OCc2ccccc2)c(O)c1. The van der Waals surface area contributed by atoms with Gasteiger partial charge in [-0.1, -0.05) is 41.5 Å². The molecule has 0 unspecified atom stereocenters. The highest BCUT2D eigenvalue weighted by atomic mass is 16.5. The second-order valence-electron chi connectivity index (χ2n) is 3.95. The third-order valence-electron chi connectivity index (χ3n) is 2.57. The van der Waals surface area contributed by atoms with Gasteiger partial charge in [-0.3, -0.25) is 0 Å². The molecular formula is C14H11N3O3. The number of carbonyl (C=O) groups excluding carboxylic acids is 1. The van der Waals surface area contributed by atoms with E-state index in [1.807, 2.05) is 30.3 Å². The summed E-state index contributed by atoms with van der Waals surface area (Å²) in [7, 11) is 0. The van der Waals surface area contributed by atoms with Crippen LogP contribution < -0.4 is 0 Å². The minimum absolute atomic E-state index is 0.0258. The summed E-state index contributed by atoms with van der Waals surface area (Å²) in [5.74, 6) is -0.924. The molecule has 0 saturated heterocycles. The van der Waals surface area contributed by atoms with E-state index in [0.717, 1.165) is 5.56 Å². The van der Waals surface area contributed by atoms with Crippen molar-refractivity contribution in [3.63, 3.8) is 0 Å². The molecule has 0 spiro atoms. The molecular weight excluding hydrogens is 258 g/mol. The zero-order valence-corrected chi connectivity index (χ0v) is 10.4. The maximum absolute atomic E-state index is 11.8. The first kappa shape index (κ1) is 13.5. The summed E-state index contributed by atoms with van der Waals surface area (Å²) >= 11 is 0. The molecule has 0 atom stereocenters. The molecule has 6 heteroatoms. The molecule has 0 saturated carbocycles. The van der Waals surface area contributed by atoms with Gasteiger partial charge in [0.1, 0.15) is 17.9 Å². The number of hydrogen-bond donors (Lipinski definition) is 1. The van der Waals surface area contributed by atoms with Gasteiger partial charge < -0.3 is 9.84 Å². The quantitative estimate of drug-likeness (QED) is 0.396. The number of ether oxygens (including phenoxy) is 1. The van der Waals surface area contributed by atoms with E-state index < -0.39 is 5.97 Å². The van der Waals surface area contributed by atoms with E-state index in [-0.39, 0.29) is 23.6 Å². The molecule has 0 amide bonds. The number of benzene rings is 2. The fraction of sp³-hybridized carbons (Fsp3) is 0.0714. The van der Waals surface area contributed by atoms with Crippen molar-refractivity contribution >= 4 is 11.7 Å². The van der Waals surface area contributed by atoms with Gasteiger partial charge in [0.15, 0.2) is 0 Å². The molecule has 2 rings (SSSR count). The Morgan fingerprint density at radius 2 is 2.00 bits per heavy atom. The van der Waals surface area contributed by atoms with Crippen LogP contribution in [0.5, 0.6) is 5.75 Å². The molecule has 0 fully saturated rings. The van der Waals surface area contributed by atoms with Gasteiger partial charge in [-0.25, -0.2) is 4.79 Å². The number of phenolic OH excluding ortho intramolecular Hbond substituents is 1. The van der Waals surface area contributed by atoms with E-state index in [1.54, 1.807) is 0 Å². The van der Waals surface area contributed by atoms with Crippen molar-refractivity contribution in [1.29, 1.82) is 0 Å². The van der Waals surface area contributed by atoms with Gasteiger partial charge in [0.25, 0.3) is 0 Å². The molecule has 0 bridgehead atoms. The summed E-state index contributed by atoms with van der Waals surface area (Å²) in [6.45, 7) is 0.122. The number of nitrogens with zero attached hydrogens (tertiary/aromatic N) is 3. The van der Waals surface area contributed by atoms with Crippen LogP contribution in [0.2, 0.25) is 0 Å². The minimum Gasteiger partial charge on any atom is -0.507 e. The minimum atomic E-state index is -0.640. The van der Waals surface area contributed by atoms with Gasteiger partial charge in [0.2, 0.25) is 0 Å². The van der Waals surface area contributed by atoms with Gasteiger partial charge in [0.05, 0.1) is 0 Å². The zero-order valence-electron chi connectivity index (χ0n) is 10.4. The van der Waals surface area contributed by atoms with Crippen molar-refractivity contribution in [2.24, 2.45) is 5.11 Å². The normalized spacial score (nSPS) is 9.60. The summed E-state index contributed by atoms with van der Waals surface area (Å²) in [6, 6.07) is 13.2. The molecule has 1 N–H and O–H groups in total. The maximum atomic E-state index is 11.8. The molecule has 20 heavy (non-hydrogen) atoms. The Kier molecular flexibility index (Phi) is 4.21. The fourth-order valence-electron chi connectivity index (χ4n) is 1.61. The molecule has 0 radical (unpaired) electrons. The molecule has 0 aliphatic rings. The lowest BCUT2D eigenvalue weighted by molar-refractivity contribution is 0.0469. The highest BCUT2D eigenvalue weighted by molar-refractivity contribution is 5.92. The Balaban J connectivity index is 2.08. The number of azide groups is 1. The smallest absolute Gasteiger partial charge is 0.342 e. The summed E-state index contributed by atoms with van der Waals surface area (Å²) in [4.78, 5) is 14.4. The Labute approximate surface area is 114 Å². The Morgan fingerprint density at radius 3 is 2.65 bits per heavy atom. The van der Waals surface area contributed by atoms with Crippen LogP contribution in [0.3, 0.4) is 0 Å². The van der Waals surface area contributed by atoms with Crippen molar-refractivity contribution < 1.29 is 14.6 Å². The number of hydrogen-bond acceptors (Lipinski definition) is 4. The van der Waals surface area contributed by atoms with Crippen molar-refractivity contribution in [3.05, 3.63) is 70.1 Å². The van der Waals surface area contributed by atoms with Crippen molar-refractivity contribution in [2.75, 3.05) is 0 Å². The lowest BCUT2D eigenvalue weighted by Gasteiger charge is -2.06. The maximum Gasteiger partial charge on any atom is 0.342 e. The second-order valence-corrected chi connectivity index (χ2v) is 3.95. The number of esters is 1. The zero-order chi connectivity index (χ0) is 14.4. The predicted molar refractivity (Wildman–Crippen MR) is 72.5 cm³/mol. The topological polar surface area (TPSA) is 95.3 Å². The highest BCUT2D eigenvalue weighted by Gasteiger charge is 2.13. The van der Waals surface area contributed by atoms with Crippen LogP contribution in [-0.4, -0.2) is 11.1 Å². The van der Waals surface area contributed by atoms with E-state index in [4.69, 9.17) is 10.3 Å². The van der Waals surface area contributed by atoms with Crippen LogP contribution in [0.15, 0.2) is 53.6 Å². The molecule has 0 heterocycles. The third kappa shape index (κ3) is 3.28. The lowest BCUT2D eigenvalue weighted by atomic mass is 10.2. The summed E-state index contributed by atoms with van der Waals surface area (Å²) < 4.78 is 5.09. The number of carbonyl (C=O) groups is 1. The molecule has 2 aromatic carbocycles. The standard InChI is InChI=1S/C14H11N3O3/c15-17-16-11-6-7-12(13(18)8-11)14(19)20-9-10-4-2-1-3-5-10/h1-8,18H,9H2. The molecule has 100 valence electrons. The van der Waals surface area contributed by atoms with Gasteiger partial charge >= 0.3 is 5.97 Å². The van der Waals surface area contributed by atoms with Crippen molar-refractivity contribution in [3.8, 4) is 5.75 Å². The monoisotopic (exact) mass is 269 g/mol. The van der Waals surface area contributed by atoms with Gasteiger partial charge in [-0.2, -0.15) is 0 Å². The van der Waals surface area contributed by atoms with Crippen LogP contribution in [0.25, 0.3) is 10.4 Å². The molecule has 0 aliphatic carbocycles. The Hall–Kier alpha value is -2.98. The molecule has 0 aromatic heterocycles. The van der Waals surface area contributed by atoms with Gasteiger partial charge in [-0.05, 0) is 23.2 Å². The average molecular weight is 269 g/mol. The predicted octanol–water partition coefficient (Wildman–Crippen LogP) is 3.69. The van der Waals surface area contributed by atoms with Gasteiger partial charge in [-0.15, -0.1) is 0 Å². The first-order valence-corrected chi connectivity index (χ1v) is 5.80. The number of rotatable bonds is 4. The molecule has 6 nitrogen and oxygen atoms in total. The van der Waals surface area contributed by atoms with Crippen LogP contribution in [-0.2, 0) is 11.3 Å². The fourth-order valence-corrected chi connectivity index (χ4v) is 1.61. The first-order valence-electron chi connectivity index (χ1n) is 5.80. The Bertz CT molecular complexity index is 665. The average Bonchev–Trinajstić information content (AvgIpc) is 2.46.